The van der Waals surface area contributed by atoms with E-state index in [0.717, 1.165) is 28.2 Å². The Morgan fingerprint density at radius 1 is 0.767 bits per heavy atom. The Morgan fingerprint density at radius 3 is 1.81 bits per heavy atom. The average Bonchev–Trinajstić information content (AvgIpc) is 3.52. The first-order chi connectivity index (χ1) is 19.9. The lowest BCUT2D eigenvalue weighted by Crippen LogP contribution is -2.46. The van der Waals surface area contributed by atoms with Crippen molar-refractivity contribution in [1.29, 1.82) is 0 Å². The van der Waals surface area contributed by atoms with Crippen LogP contribution in [0.4, 0.5) is 0 Å². The Balaban J connectivity index is 1.70. The SMILES string of the molecule is COc1cc([C@@H]2c3cc4c(cc3[C@@H](O[Si](C)(C)C(C)(C)C)[C@H]3COC(=S)[C@H]23)OCO4)cc(OC)c1O[Si](C)(C)C(C)(C)C. The van der Waals surface area contributed by atoms with Gasteiger partial charge in [0.25, 0.3) is 8.32 Å². The predicted octanol–water partition coefficient (Wildman–Crippen LogP) is 8.61. The third-order valence-electron chi connectivity index (χ3n) is 10.4. The number of ether oxygens (including phenoxy) is 5. The average molecular weight is 645 g/mol. The van der Waals surface area contributed by atoms with Crippen molar-refractivity contribution in [3.63, 3.8) is 0 Å². The Labute approximate surface area is 264 Å². The minimum absolute atomic E-state index is 0.00616. The van der Waals surface area contributed by atoms with E-state index in [4.69, 9.17) is 44.8 Å². The van der Waals surface area contributed by atoms with E-state index in [1.807, 2.05) is 0 Å². The van der Waals surface area contributed by atoms with E-state index in [1.165, 1.54) is 0 Å². The molecule has 2 aromatic carbocycles. The fraction of sp³-hybridized carbons (Fsp3) is 0.606. The molecule has 3 aliphatic rings. The van der Waals surface area contributed by atoms with Gasteiger partial charge in [0.1, 0.15) is 0 Å². The molecule has 10 heteroatoms. The zero-order chi connectivity index (χ0) is 31.7. The number of rotatable bonds is 7. The quantitative estimate of drug-likeness (QED) is 0.219. The summed E-state index contributed by atoms with van der Waals surface area (Å²) in [6.45, 7) is 23.2. The molecular formula is C33H48O7SSi2. The minimum Gasteiger partial charge on any atom is -0.539 e. The first kappa shape index (κ1) is 32.1. The van der Waals surface area contributed by atoms with E-state index in [0.29, 0.717) is 28.9 Å². The summed E-state index contributed by atoms with van der Waals surface area (Å²) < 4.78 is 43.9. The zero-order valence-corrected chi connectivity index (χ0v) is 30.6. The van der Waals surface area contributed by atoms with Crippen LogP contribution < -0.4 is 23.4 Å². The number of hydrogen-bond donors (Lipinski definition) is 0. The molecule has 4 atom stereocenters. The van der Waals surface area contributed by atoms with Gasteiger partial charge in [-0.25, -0.2) is 0 Å². The Morgan fingerprint density at radius 2 is 1.30 bits per heavy atom. The molecule has 0 bridgehead atoms. The molecule has 2 aromatic rings. The summed E-state index contributed by atoms with van der Waals surface area (Å²) in [5.74, 6) is 3.23. The van der Waals surface area contributed by atoms with Crippen LogP contribution in [-0.2, 0) is 9.16 Å². The molecule has 0 aromatic heterocycles. The molecule has 0 spiro atoms. The molecule has 0 amide bonds. The first-order valence-electron chi connectivity index (χ1n) is 15.1. The van der Waals surface area contributed by atoms with Crippen LogP contribution in [-0.4, -0.2) is 49.3 Å². The van der Waals surface area contributed by atoms with Crippen molar-refractivity contribution in [1.82, 2.24) is 0 Å². The third-order valence-corrected chi connectivity index (χ3v) is 19.5. The predicted molar refractivity (Wildman–Crippen MR) is 178 cm³/mol. The maximum atomic E-state index is 7.21. The standard InChI is InChI=1S/C33H48O7SSi2/c1-32(2,3)42(9,10)39-29-21-16-24-23(37-18-38-24)15-20(21)27(28-22(29)17-36-31(28)41)19-13-25(34-7)30(26(14-19)35-8)40-43(11,12)33(4,5)6/h13-16,22,27-29H,17-18H2,1-12H3/t22-,27+,28-,29+/m0/s1. The Hall–Kier alpha value is -2.28. The van der Waals surface area contributed by atoms with Crippen molar-refractivity contribution in [3.05, 3.63) is 41.0 Å². The summed E-state index contributed by atoms with van der Waals surface area (Å²) in [6, 6.07) is 8.39. The largest absolute Gasteiger partial charge is 0.539 e. The second kappa shape index (κ2) is 11.0. The third kappa shape index (κ3) is 5.57. The highest BCUT2D eigenvalue weighted by molar-refractivity contribution is 7.80. The molecule has 0 radical (unpaired) electrons. The van der Waals surface area contributed by atoms with Crippen LogP contribution in [0.5, 0.6) is 28.7 Å². The zero-order valence-electron chi connectivity index (χ0n) is 27.8. The number of methoxy groups -OCH3 is 2. The molecule has 7 nitrogen and oxygen atoms in total. The second-order valence-corrected chi connectivity index (χ2v) is 24.9. The van der Waals surface area contributed by atoms with Gasteiger partial charge >= 0.3 is 0 Å². The summed E-state index contributed by atoms with van der Waals surface area (Å²) in [5.41, 5.74) is 3.22. The first-order valence-corrected chi connectivity index (χ1v) is 21.4. The lowest BCUT2D eigenvalue weighted by atomic mass is 9.66. The van der Waals surface area contributed by atoms with E-state index >= 15 is 0 Å². The van der Waals surface area contributed by atoms with Gasteiger partial charge in [-0.3, -0.25) is 0 Å². The monoisotopic (exact) mass is 644 g/mol. The van der Waals surface area contributed by atoms with Crippen LogP contribution >= 0.6 is 12.2 Å². The van der Waals surface area contributed by atoms with Gasteiger partial charge < -0.3 is 32.5 Å². The Kier molecular flexibility index (Phi) is 8.19. The lowest BCUT2D eigenvalue weighted by molar-refractivity contribution is 0.0775. The highest BCUT2D eigenvalue weighted by atomic mass is 32.1. The number of benzene rings is 2. The van der Waals surface area contributed by atoms with E-state index in [9.17, 15) is 0 Å². The van der Waals surface area contributed by atoms with Crippen molar-refractivity contribution < 1.29 is 32.5 Å². The van der Waals surface area contributed by atoms with Gasteiger partial charge in [0.2, 0.25) is 6.79 Å². The Bertz CT molecular complexity index is 1380. The normalized spacial score (nSPS) is 23.4. The molecule has 1 aliphatic carbocycles. The molecule has 0 unspecified atom stereocenters. The highest BCUT2D eigenvalue weighted by Crippen LogP contribution is 2.58. The summed E-state index contributed by atoms with van der Waals surface area (Å²) >= 11 is 5.95. The van der Waals surface area contributed by atoms with Crippen molar-refractivity contribution in [2.45, 2.75) is 89.8 Å². The van der Waals surface area contributed by atoms with Crippen molar-refractivity contribution in [2.24, 2.45) is 11.8 Å². The van der Waals surface area contributed by atoms with Crippen LogP contribution in [0.2, 0.25) is 36.3 Å². The smallest absolute Gasteiger partial charge is 0.250 e. The summed E-state index contributed by atoms with van der Waals surface area (Å²) in [4.78, 5) is 0. The molecular weight excluding hydrogens is 597 g/mol. The van der Waals surface area contributed by atoms with Gasteiger partial charge in [-0.05, 0) is 89.4 Å². The van der Waals surface area contributed by atoms with Gasteiger partial charge in [-0.15, -0.1) is 0 Å². The van der Waals surface area contributed by atoms with Gasteiger partial charge in [0.15, 0.2) is 42.1 Å². The topological polar surface area (TPSA) is 64.6 Å². The maximum absolute atomic E-state index is 7.21. The van der Waals surface area contributed by atoms with Crippen LogP contribution in [0.1, 0.15) is 70.3 Å². The molecule has 2 heterocycles. The van der Waals surface area contributed by atoms with Crippen LogP contribution in [0.3, 0.4) is 0 Å². The van der Waals surface area contributed by atoms with Crippen molar-refractivity contribution in [2.75, 3.05) is 27.6 Å². The van der Waals surface area contributed by atoms with Gasteiger partial charge in [-0.2, -0.15) is 0 Å². The van der Waals surface area contributed by atoms with E-state index < -0.39 is 16.6 Å². The maximum Gasteiger partial charge on any atom is 0.250 e. The van der Waals surface area contributed by atoms with E-state index in [1.54, 1.807) is 14.2 Å². The van der Waals surface area contributed by atoms with Crippen LogP contribution in [0, 0.1) is 11.8 Å². The molecule has 2 aliphatic heterocycles. The molecule has 0 saturated carbocycles. The molecule has 236 valence electrons. The van der Waals surface area contributed by atoms with Gasteiger partial charge in [0, 0.05) is 17.8 Å². The molecule has 1 fully saturated rings. The second-order valence-electron chi connectivity index (χ2n) is 15.0. The van der Waals surface area contributed by atoms with Crippen molar-refractivity contribution >= 4 is 33.9 Å². The van der Waals surface area contributed by atoms with E-state index in [2.05, 4.69) is 92.0 Å². The van der Waals surface area contributed by atoms with Gasteiger partial charge in [-0.1, -0.05) is 41.5 Å². The number of fused-ring (bicyclic) bond motifs is 3. The fourth-order valence-corrected chi connectivity index (χ4v) is 8.43. The summed E-state index contributed by atoms with van der Waals surface area (Å²) in [6.07, 6.45) is -0.183. The molecule has 0 N–H and O–H groups in total. The van der Waals surface area contributed by atoms with Gasteiger partial charge in [0.05, 0.1) is 26.9 Å². The summed E-state index contributed by atoms with van der Waals surface area (Å²) in [5, 5.41) is 0.657. The van der Waals surface area contributed by atoms with Crippen molar-refractivity contribution in [3.8, 4) is 28.7 Å². The molecule has 43 heavy (non-hydrogen) atoms. The summed E-state index contributed by atoms with van der Waals surface area (Å²) in [7, 11) is -1.00. The van der Waals surface area contributed by atoms with E-state index in [-0.39, 0.29) is 40.7 Å². The number of thiocarbonyl (C=S) groups is 1. The molecule has 1 saturated heterocycles. The molecule has 5 rings (SSSR count). The lowest BCUT2D eigenvalue weighted by Gasteiger charge is -2.46. The fourth-order valence-electron chi connectivity index (χ4n) is 5.75. The van der Waals surface area contributed by atoms with Crippen LogP contribution in [0.25, 0.3) is 0 Å². The number of hydrogen-bond acceptors (Lipinski definition) is 8. The highest BCUT2D eigenvalue weighted by Gasteiger charge is 2.54. The minimum atomic E-state index is -2.19. The van der Waals surface area contributed by atoms with Crippen LogP contribution in [0.15, 0.2) is 24.3 Å².